The summed E-state index contributed by atoms with van der Waals surface area (Å²) in [6.45, 7) is 2.65. The van der Waals surface area contributed by atoms with Gasteiger partial charge in [0.2, 0.25) is 0 Å². The molecule has 2 N–H and O–H groups in total. The summed E-state index contributed by atoms with van der Waals surface area (Å²) in [6.07, 6.45) is -0.130. The third-order valence-electron chi connectivity index (χ3n) is 3.80. The van der Waals surface area contributed by atoms with E-state index in [9.17, 15) is 17.4 Å². The molecule has 0 fully saturated rings. The van der Waals surface area contributed by atoms with Gasteiger partial charge in [0.1, 0.15) is 6.54 Å². The van der Waals surface area contributed by atoms with Crippen LogP contribution in [0.4, 0.5) is 13.2 Å². The van der Waals surface area contributed by atoms with E-state index in [-0.39, 0.29) is 11.2 Å². The first-order valence-corrected chi connectivity index (χ1v) is 8.52. The lowest BCUT2D eigenvalue weighted by Crippen LogP contribution is -2.21. The summed E-state index contributed by atoms with van der Waals surface area (Å²) < 4.78 is 49.7. The summed E-state index contributed by atoms with van der Waals surface area (Å²) >= 11 is 0. The lowest BCUT2D eigenvalue weighted by Gasteiger charge is -2.17. The molecule has 23 heavy (non-hydrogen) atoms. The zero-order valence-electron chi connectivity index (χ0n) is 12.9. The number of pyridine rings is 1. The molecule has 0 aliphatic rings. The van der Waals surface area contributed by atoms with Gasteiger partial charge < -0.3 is 0 Å². The molecular formula is C14H19F3N4OS. The van der Waals surface area contributed by atoms with Gasteiger partial charge in [-0.3, -0.25) is 14.8 Å². The fourth-order valence-corrected chi connectivity index (χ4v) is 2.93. The Labute approximate surface area is 134 Å². The van der Waals surface area contributed by atoms with Crippen LogP contribution in [-0.2, 0) is 17.5 Å². The number of alkyl halides is 3. The van der Waals surface area contributed by atoms with Crippen LogP contribution in [0.1, 0.15) is 38.3 Å². The van der Waals surface area contributed by atoms with Gasteiger partial charge in [-0.1, -0.05) is 6.92 Å². The topological polar surface area (TPSA) is 73.8 Å². The van der Waals surface area contributed by atoms with Crippen LogP contribution in [0.2, 0.25) is 0 Å². The third-order valence-corrected chi connectivity index (χ3v) is 4.79. The lowest BCUT2D eigenvalue weighted by molar-refractivity contribution is -0.141. The molecule has 2 aromatic heterocycles. The molecule has 0 aliphatic carbocycles. The van der Waals surface area contributed by atoms with Gasteiger partial charge in [0, 0.05) is 22.2 Å². The number of fused-ring (bicyclic) bond motifs is 1. The van der Waals surface area contributed by atoms with Crippen LogP contribution in [0.3, 0.4) is 0 Å². The van der Waals surface area contributed by atoms with Crippen LogP contribution in [0.5, 0.6) is 0 Å². The Morgan fingerprint density at radius 2 is 2.09 bits per heavy atom. The molecule has 0 radical (unpaired) electrons. The van der Waals surface area contributed by atoms with E-state index in [0.717, 1.165) is 16.8 Å². The number of nitrogens with zero attached hydrogens (tertiary/aromatic N) is 3. The van der Waals surface area contributed by atoms with E-state index in [1.807, 2.05) is 6.92 Å². The monoisotopic (exact) mass is 348 g/mol. The van der Waals surface area contributed by atoms with Crippen molar-refractivity contribution in [2.75, 3.05) is 0 Å². The average molecular weight is 348 g/mol. The Bertz CT molecular complexity index is 701. The van der Waals surface area contributed by atoms with Crippen molar-refractivity contribution in [3.05, 3.63) is 24.2 Å². The first-order chi connectivity index (χ1) is 10.7. The van der Waals surface area contributed by atoms with Crippen LogP contribution >= 0.6 is 0 Å². The number of halogens is 3. The van der Waals surface area contributed by atoms with Gasteiger partial charge in [-0.15, -0.1) is 0 Å². The quantitative estimate of drug-likeness (QED) is 0.872. The lowest BCUT2D eigenvalue weighted by atomic mass is 9.95. The molecule has 0 saturated heterocycles. The number of rotatable bonds is 6. The van der Waals surface area contributed by atoms with Crippen molar-refractivity contribution in [3.8, 4) is 0 Å². The van der Waals surface area contributed by atoms with Crippen LogP contribution < -0.4 is 5.14 Å². The molecule has 5 nitrogen and oxygen atoms in total. The predicted octanol–water partition coefficient (Wildman–Crippen LogP) is 2.89. The van der Waals surface area contributed by atoms with E-state index >= 15 is 0 Å². The first-order valence-electron chi connectivity index (χ1n) is 7.24. The molecule has 0 saturated carbocycles. The second kappa shape index (κ2) is 6.96. The van der Waals surface area contributed by atoms with Crippen molar-refractivity contribution in [1.29, 1.82) is 0 Å². The normalized spacial score (nSPS) is 16.4. The Morgan fingerprint density at radius 3 is 2.65 bits per heavy atom. The molecule has 0 aromatic carbocycles. The highest BCUT2D eigenvalue weighted by molar-refractivity contribution is 7.83. The van der Waals surface area contributed by atoms with E-state index in [2.05, 4.69) is 10.1 Å². The molecule has 9 heteroatoms. The predicted molar refractivity (Wildman–Crippen MR) is 83.0 cm³/mol. The first kappa shape index (κ1) is 17.9. The highest BCUT2D eigenvalue weighted by Gasteiger charge is 2.29. The highest BCUT2D eigenvalue weighted by Crippen LogP contribution is 2.27. The van der Waals surface area contributed by atoms with Crippen molar-refractivity contribution in [2.24, 2.45) is 5.14 Å². The molecule has 0 spiro atoms. The highest BCUT2D eigenvalue weighted by atomic mass is 32.2. The Hall–Kier alpha value is -1.48. The van der Waals surface area contributed by atoms with Gasteiger partial charge in [0.25, 0.3) is 0 Å². The second-order valence-corrected chi connectivity index (χ2v) is 7.03. The third kappa shape index (κ3) is 4.51. The van der Waals surface area contributed by atoms with Crippen molar-refractivity contribution < 1.29 is 17.4 Å². The minimum Gasteiger partial charge on any atom is -0.259 e. The van der Waals surface area contributed by atoms with Crippen molar-refractivity contribution >= 4 is 21.9 Å². The van der Waals surface area contributed by atoms with Crippen LogP contribution in [0.15, 0.2) is 18.5 Å². The summed E-state index contributed by atoms with van der Waals surface area (Å²) in [7, 11) is -1.41. The van der Waals surface area contributed by atoms with Crippen molar-refractivity contribution in [1.82, 2.24) is 14.8 Å². The maximum atomic E-state index is 12.5. The molecule has 2 heterocycles. The van der Waals surface area contributed by atoms with Gasteiger partial charge >= 0.3 is 6.18 Å². The number of hydrogen-bond acceptors (Lipinski definition) is 3. The average Bonchev–Trinajstić information content (AvgIpc) is 2.84. The SMILES string of the molecule is CC[C@H](CC(C)S(N)=O)c1cc2cnn(CC(F)(F)F)c2cn1. The molecule has 0 aliphatic heterocycles. The number of aromatic nitrogens is 3. The molecule has 3 atom stereocenters. The minimum atomic E-state index is -4.33. The fraction of sp³-hybridized carbons (Fsp3) is 0.571. The smallest absolute Gasteiger partial charge is 0.259 e. The zero-order valence-corrected chi connectivity index (χ0v) is 13.7. The molecule has 2 unspecified atom stereocenters. The van der Waals surface area contributed by atoms with Gasteiger partial charge in [-0.05, 0) is 25.8 Å². The van der Waals surface area contributed by atoms with Crippen LogP contribution in [0.25, 0.3) is 10.9 Å². The maximum Gasteiger partial charge on any atom is 0.408 e. The van der Waals surface area contributed by atoms with Crippen molar-refractivity contribution in [3.63, 3.8) is 0 Å². The van der Waals surface area contributed by atoms with Crippen molar-refractivity contribution in [2.45, 2.75) is 50.6 Å². The molecule has 0 amide bonds. The Balaban J connectivity index is 2.27. The van der Waals surface area contributed by atoms with Gasteiger partial charge in [-0.25, -0.2) is 4.21 Å². The summed E-state index contributed by atoms with van der Waals surface area (Å²) in [6, 6.07) is 1.75. The number of hydrogen-bond donors (Lipinski definition) is 1. The second-order valence-electron chi connectivity index (χ2n) is 5.57. The Morgan fingerprint density at radius 1 is 1.39 bits per heavy atom. The van der Waals surface area contributed by atoms with Gasteiger partial charge in [0.15, 0.2) is 0 Å². The van der Waals surface area contributed by atoms with E-state index < -0.39 is 23.7 Å². The van der Waals surface area contributed by atoms with E-state index in [4.69, 9.17) is 5.14 Å². The van der Waals surface area contributed by atoms with Crippen LogP contribution in [0, 0.1) is 0 Å². The molecule has 128 valence electrons. The van der Waals surface area contributed by atoms with E-state index in [1.165, 1.54) is 12.4 Å². The molecular weight excluding hydrogens is 329 g/mol. The summed E-state index contributed by atoms with van der Waals surface area (Å²) in [4.78, 5) is 4.29. The zero-order chi connectivity index (χ0) is 17.2. The van der Waals surface area contributed by atoms with Gasteiger partial charge in [-0.2, -0.15) is 18.3 Å². The summed E-state index contributed by atoms with van der Waals surface area (Å²) in [5, 5.41) is 9.62. The standard InChI is InChI=1S/C14H19F3N4OS/c1-3-10(4-9(2)23(18)22)12-5-11-6-20-21(8-14(15,16)17)13(11)7-19-12/h5-7,9-10H,3-4,8,18H2,1-2H3/t9?,10-,23?/m1/s1. The molecule has 0 bridgehead atoms. The maximum absolute atomic E-state index is 12.5. The fourth-order valence-electron chi connectivity index (χ4n) is 2.51. The Kier molecular flexibility index (Phi) is 5.41. The van der Waals surface area contributed by atoms with Crippen LogP contribution in [-0.4, -0.2) is 30.4 Å². The summed E-state index contributed by atoms with van der Waals surface area (Å²) in [5.74, 6) is 0.0490. The summed E-state index contributed by atoms with van der Waals surface area (Å²) in [5.41, 5.74) is 1.10. The van der Waals surface area contributed by atoms with Gasteiger partial charge in [0.05, 0.1) is 28.9 Å². The molecule has 2 aromatic rings. The largest absolute Gasteiger partial charge is 0.408 e. The minimum absolute atomic E-state index is 0.0490. The molecule has 2 rings (SSSR count). The van der Waals surface area contributed by atoms with E-state index in [0.29, 0.717) is 17.3 Å². The number of nitrogens with two attached hydrogens (primary N) is 1. The van der Waals surface area contributed by atoms with E-state index in [1.54, 1.807) is 13.0 Å².